The summed E-state index contributed by atoms with van der Waals surface area (Å²) in [6.07, 6.45) is 0.651. The lowest BCUT2D eigenvalue weighted by Crippen LogP contribution is -2.32. The van der Waals surface area contributed by atoms with E-state index < -0.39 is 6.03 Å². The fourth-order valence-electron chi connectivity index (χ4n) is 1.57. The summed E-state index contributed by atoms with van der Waals surface area (Å²) >= 11 is 0. The number of urea groups is 1. The summed E-state index contributed by atoms with van der Waals surface area (Å²) in [7, 11) is 0. The second-order valence-electron chi connectivity index (χ2n) is 4.14. The Morgan fingerprint density at radius 1 is 1.41 bits per heavy atom. The third-order valence-corrected chi connectivity index (χ3v) is 2.77. The molecule has 1 aromatic rings. The average Bonchev–Trinajstić information content (AvgIpc) is 2.30. The normalized spacial score (nSPS) is 11.9. The van der Waals surface area contributed by atoms with Gasteiger partial charge in [0.05, 0.1) is 11.8 Å². The number of hydrogen-bond acceptors (Lipinski definition) is 3. The van der Waals surface area contributed by atoms with Crippen LogP contribution in [0.2, 0.25) is 0 Å². The molecule has 1 aromatic carbocycles. The van der Waals surface area contributed by atoms with Crippen LogP contribution in [0.5, 0.6) is 0 Å². The van der Waals surface area contributed by atoms with Gasteiger partial charge in [0.15, 0.2) is 0 Å². The van der Waals surface area contributed by atoms with E-state index >= 15 is 0 Å². The molecule has 0 heterocycles. The molecule has 2 amide bonds. The van der Waals surface area contributed by atoms with Crippen molar-refractivity contribution >= 4 is 6.03 Å². The fraction of sp³-hybridized carbons (Fsp3) is 0.417. The van der Waals surface area contributed by atoms with E-state index in [1.54, 1.807) is 0 Å². The summed E-state index contributed by atoms with van der Waals surface area (Å²) in [6.45, 7) is 4.31. The summed E-state index contributed by atoms with van der Waals surface area (Å²) in [4.78, 5) is 21.1. The Balaban J connectivity index is 2.54. The van der Waals surface area contributed by atoms with Crippen LogP contribution < -0.4 is 5.73 Å². The first-order chi connectivity index (χ1) is 8.04. The van der Waals surface area contributed by atoms with Gasteiger partial charge < -0.3 is 5.73 Å². The minimum absolute atomic E-state index is 0.244. The van der Waals surface area contributed by atoms with Crippen LogP contribution in [0.3, 0.4) is 0 Å². The molecule has 0 radical (unpaired) electrons. The number of rotatable bonds is 5. The van der Waals surface area contributed by atoms with Crippen molar-refractivity contribution in [2.45, 2.75) is 26.2 Å². The fourth-order valence-corrected chi connectivity index (χ4v) is 1.57. The maximum absolute atomic E-state index is 10.8. The Morgan fingerprint density at radius 2 is 2.00 bits per heavy atom. The second-order valence-corrected chi connectivity index (χ2v) is 4.14. The number of carbonyl (C=O) groups excluding carboxylic acids is 1. The second kappa shape index (κ2) is 5.98. The lowest BCUT2D eigenvalue weighted by atomic mass is 9.97. The van der Waals surface area contributed by atoms with Crippen LogP contribution in [0, 0.1) is 11.8 Å². The molecule has 92 valence electrons. The van der Waals surface area contributed by atoms with E-state index in [2.05, 4.69) is 5.29 Å². The molecule has 0 bridgehead atoms. The highest BCUT2D eigenvalue weighted by molar-refractivity contribution is 5.71. The number of carbonyl (C=O) groups is 1. The number of benzene rings is 1. The number of amides is 2. The van der Waals surface area contributed by atoms with Gasteiger partial charge in [0.1, 0.15) is 0 Å². The van der Waals surface area contributed by atoms with Crippen LogP contribution in [-0.4, -0.2) is 17.6 Å². The van der Waals surface area contributed by atoms with Gasteiger partial charge in [-0.25, -0.2) is 4.79 Å². The molecule has 0 saturated carbocycles. The van der Waals surface area contributed by atoms with Crippen LogP contribution in [0.25, 0.3) is 0 Å². The Kier molecular flexibility index (Phi) is 4.63. The summed E-state index contributed by atoms with van der Waals surface area (Å²) < 4.78 is 0. The van der Waals surface area contributed by atoms with Crippen LogP contribution in [0.4, 0.5) is 4.79 Å². The zero-order chi connectivity index (χ0) is 12.8. The average molecular weight is 235 g/mol. The highest BCUT2D eigenvalue weighted by Gasteiger charge is 2.12. The highest BCUT2D eigenvalue weighted by atomic mass is 16.3. The van der Waals surface area contributed by atoms with E-state index in [-0.39, 0.29) is 12.5 Å². The van der Waals surface area contributed by atoms with Gasteiger partial charge in [-0.15, -0.1) is 4.91 Å². The smallest absolute Gasteiger partial charge is 0.337 e. The van der Waals surface area contributed by atoms with E-state index in [0.29, 0.717) is 6.42 Å². The molecule has 1 atom stereocenters. The highest BCUT2D eigenvalue weighted by Crippen LogP contribution is 2.19. The number of nitrogens with zero attached hydrogens (tertiary/aromatic N) is 2. The maximum Gasteiger partial charge on any atom is 0.337 e. The minimum atomic E-state index is -0.809. The molecule has 5 heteroatoms. The lowest BCUT2D eigenvalue weighted by molar-refractivity contribution is 0.207. The first kappa shape index (κ1) is 13.2. The molecule has 0 aliphatic rings. The van der Waals surface area contributed by atoms with Crippen molar-refractivity contribution in [3.63, 3.8) is 0 Å². The third-order valence-electron chi connectivity index (χ3n) is 2.77. The molecule has 0 spiro atoms. The van der Waals surface area contributed by atoms with Crippen molar-refractivity contribution in [1.82, 2.24) is 5.01 Å². The summed E-state index contributed by atoms with van der Waals surface area (Å²) in [5, 5.41) is 3.32. The quantitative estimate of drug-likeness (QED) is 0.629. The largest absolute Gasteiger partial charge is 0.350 e. The van der Waals surface area contributed by atoms with Gasteiger partial charge in [-0.1, -0.05) is 36.8 Å². The molecular weight excluding hydrogens is 218 g/mol. The van der Waals surface area contributed by atoms with Crippen molar-refractivity contribution in [2.75, 3.05) is 6.54 Å². The van der Waals surface area contributed by atoms with Crippen LogP contribution in [-0.2, 0) is 0 Å². The van der Waals surface area contributed by atoms with Crippen molar-refractivity contribution in [3.05, 3.63) is 40.3 Å². The monoisotopic (exact) mass is 235 g/mol. The number of primary amides is 1. The van der Waals surface area contributed by atoms with Crippen LogP contribution >= 0.6 is 0 Å². The number of hydrogen-bond donors (Lipinski definition) is 1. The molecule has 2 N–H and O–H groups in total. The predicted octanol–water partition coefficient (Wildman–Crippen LogP) is 2.55. The van der Waals surface area contributed by atoms with Crippen molar-refractivity contribution < 1.29 is 4.79 Å². The first-order valence-electron chi connectivity index (χ1n) is 5.51. The SMILES string of the molecule is Cc1ccc(C(C)CCN(N=O)C(N)=O)cc1. The molecule has 1 rings (SSSR count). The Bertz CT molecular complexity index is 389. The van der Waals surface area contributed by atoms with Crippen molar-refractivity contribution in [1.29, 1.82) is 0 Å². The molecular formula is C12H17N3O2. The molecule has 0 aliphatic carbocycles. The van der Waals surface area contributed by atoms with Crippen LogP contribution in [0.1, 0.15) is 30.4 Å². The topological polar surface area (TPSA) is 75.8 Å². The number of nitroso groups, excluding NO2 is 1. The van der Waals surface area contributed by atoms with Gasteiger partial charge in [-0.3, -0.25) is 0 Å². The summed E-state index contributed by atoms with van der Waals surface area (Å²) in [5.41, 5.74) is 7.36. The molecule has 0 aliphatic heterocycles. The standard InChI is InChI=1S/C12H17N3O2/c1-9-3-5-11(6-4-9)10(2)7-8-15(14-17)12(13)16/h3-6,10H,7-8H2,1-2H3,(H2,13,16). The van der Waals surface area contributed by atoms with Gasteiger partial charge in [-0.05, 0) is 24.8 Å². The zero-order valence-electron chi connectivity index (χ0n) is 10.1. The third kappa shape index (κ3) is 3.86. The van der Waals surface area contributed by atoms with Gasteiger partial charge in [0.2, 0.25) is 0 Å². The summed E-state index contributed by atoms with van der Waals surface area (Å²) in [6, 6.07) is 7.35. The van der Waals surface area contributed by atoms with Gasteiger partial charge >= 0.3 is 6.03 Å². The van der Waals surface area contributed by atoms with Gasteiger partial charge in [0.25, 0.3) is 0 Å². The van der Waals surface area contributed by atoms with E-state index in [1.807, 2.05) is 38.1 Å². The summed E-state index contributed by atoms with van der Waals surface area (Å²) in [5.74, 6) is 0.249. The molecule has 0 aromatic heterocycles. The molecule has 0 fully saturated rings. The first-order valence-corrected chi connectivity index (χ1v) is 5.51. The number of aryl methyl sites for hydroxylation is 1. The molecule has 17 heavy (non-hydrogen) atoms. The van der Waals surface area contributed by atoms with E-state index in [1.165, 1.54) is 11.1 Å². The molecule has 1 unspecified atom stereocenters. The molecule has 0 saturated heterocycles. The van der Waals surface area contributed by atoms with Gasteiger partial charge in [-0.2, -0.15) is 5.01 Å². The zero-order valence-corrected chi connectivity index (χ0v) is 10.1. The van der Waals surface area contributed by atoms with E-state index in [9.17, 15) is 9.70 Å². The Labute approximate surface area is 101 Å². The predicted molar refractivity (Wildman–Crippen MR) is 66.3 cm³/mol. The van der Waals surface area contributed by atoms with Crippen molar-refractivity contribution in [2.24, 2.45) is 11.0 Å². The molecule has 5 nitrogen and oxygen atoms in total. The van der Waals surface area contributed by atoms with E-state index in [0.717, 1.165) is 5.01 Å². The van der Waals surface area contributed by atoms with Crippen LogP contribution in [0.15, 0.2) is 29.6 Å². The minimum Gasteiger partial charge on any atom is -0.350 e. The van der Waals surface area contributed by atoms with Gasteiger partial charge in [0, 0.05) is 0 Å². The lowest BCUT2D eigenvalue weighted by Gasteiger charge is -2.15. The Hall–Kier alpha value is -1.91. The van der Waals surface area contributed by atoms with E-state index in [4.69, 9.17) is 5.73 Å². The number of nitrogens with two attached hydrogens (primary N) is 1. The van der Waals surface area contributed by atoms with Crippen molar-refractivity contribution in [3.8, 4) is 0 Å². The Morgan fingerprint density at radius 3 is 2.47 bits per heavy atom. The maximum atomic E-state index is 10.8.